The number of rotatable bonds is 6. The molecule has 1 aromatic carbocycles. The maximum absolute atomic E-state index is 11.7. The molecule has 19 heavy (non-hydrogen) atoms. The third-order valence-electron chi connectivity index (χ3n) is 2.55. The van der Waals surface area contributed by atoms with Gasteiger partial charge in [0.25, 0.3) is 0 Å². The molecule has 0 bridgehead atoms. The number of methoxy groups -OCH3 is 3. The van der Waals surface area contributed by atoms with Gasteiger partial charge in [-0.3, -0.25) is 0 Å². The van der Waals surface area contributed by atoms with Crippen molar-refractivity contribution >= 4 is 5.97 Å². The lowest BCUT2D eigenvalue weighted by molar-refractivity contribution is -0.153. The average molecular weight is 270 g/mol. The van der Waals surface area contributed by atoms with E-state index in [0.29, 0.717) is 11.5 Å². The van der Waals surface area contributed by atoms with Gasteiger partial charge >= 0.3 is 5.97 Å². The summed E-state index contributed by atoms with van der Waals surface area (Å²) >= 11 is 0. The first-order valence-corrected chi connectivity index (χ1v) is 5.74. The summed E-state index contributed by atoms with van der Waals surface area (Å²) in [5.74, 6) is 0.176. The van der Waals surface area contributed by atoms with Crippen molar-refractivity contribution in [3.63, 3.8) is 0 Å². The standard InChI is InChI=1S/C13H18O6/c1-5-19-13(15)11(14)10-8(16-2)6-7-9(17-3)12(10)18-4/h6-7,11,14H,5H2,1-4H3. The van der Waals surface area contributed by atoms with Gasteiger partial charge in [0.05, 0.1) is 33.5 Å². The minimum absolute atomic E-state index is 0.171. The number of ether oxygens (including phenoxy) is 4. The van der Waals surface area contributed by atoms with Crippen LogP contribution in [-0.2, 0) is 9.53 Å². The van der Waals surface area contributed by atoms with Crippen LogP contribution in [0.3, 0.4) is 0 Å². The molecule has 0 fully saturated rings. The minimum atomic E-state index is -1.50. The summed E-state index contributed by atoms with van der Waals surface area (Å²) < 4.78 is 20.2. The smallest absolute Gasteiger partial charge is 0.339 e. The van der Waals surface area contributed by atoms with Crippen LogP contribution in [0.5, 0.6) is 17.2 Å². The molecular weight excluding hydrogens is 252 g/mol. The molecule has 1 unspecified atom stereocenters. The van der Waals surface area contributed by atoms with Gasteiger partial charge in [0.1, 0.15) is 5.75 Å². The highest BCUT2D eigenvalue weighted by Crippen LogP contribution is 2.41. The number of esters is 1. The second-order valence-electron chi connectivity index (χ2n) is 3.57. The van der Waals surface area contributed by atoms with Gasteiger partial charge in [-0.05, 0) is 19.1 Å². The van der Waals surface area contributed by atoms with Gasteiger partial charge in [0.2, 0.25) is 0 Å². The van der Waals surface area contributed by atoms with Gasteiger partial charge in [-0.25, -0.2) is 4.79 Å². The van der Waals surface area contributed by atoms with E-state index in [1.165, 1.54) is 21.3 Å². The van der Waals surface area contributed by atoms with Crippen LogP contribution in [0.15, 0.2) is 12.1 Å². The Morgan fingerprint density at radius 3 is 2.21 bits per heavy atom. The van der Waals surface area contributed by atoms with E-state index in [4.69, 9.17) is 18.9 Å². The summed E-state index contributed by atoms with van der Waals surface area (Å²) in [6.45, 7) is 1.83. The Morgan fingerprint density at radius 2 is 1.74 bits per heavy atom. The van der Waals surface area contributed by atoms with Gasteiger partial charge in [-0.2, -0.15) is 0 Å². The number of benzene rings is 1. The summed E-state index contributed by atoms with van der Waals surface area (Å²) in [6.07, 6.45) is -1.50. The molecule has 0 amide bonds. The van der Waals surface area contributed by atoms with Crippen molar-refractivity contribution in [2.24, 2.45) is 0 Å². The predicted molar refractivity (Wildman–Crippen MR) is 67.7 cm³/mol. The number of aliphatic hydroxyl groups excluding tert-OH is 1. The van der Waals surface area contributed by atoms with Crippen LogP contribution in [-0.4, -0.2) is 39.0 Å². The van der Waals surface area contributed by atoms with Crippen LogP contribution in [0, 0.1) is 0 Å². The number of carbonyl (C=O) groups excluding carboxylic acids is 1. The zero-order valence-corrected chi connectivity index (χ0v) is 11.4. The maximum atomic E-state index is 11.7. The van der Waals surface area contributed by atoms with Gasteiger partial charge in [0, 0.05) is 0 Å². The molecule has 0 aromatic heterocycles. The summed E-state index contributed by atoms with van der Waals surface area (Å²) in [7, 11) is 4.31. The van der Waals surface area contributed by atoms with Crippen molar-refractivity contribution in [3.05, 3.63) is 17.7 Å². The van der Waals surface area contributed by atoms with Gasteiger partial charge < -0.3 is 24.1 Å². The molecule has 0 aliphatic rings. The maximum Gasteiger partial charge on any atom is 0.339 e. The molecule has 6 heteroatoms. The number of hydrogen-bond donors (Lipinski definition) is 1. The molecule has 0 saturated carbocycles. The van der Waals surface area contributed by atoms with E-state index < -0.39 is 12.1 Å². The fourth-order valence-electron chi connectivity index (χ4n) is 1.71. The quantitative estimate of drug-likeness (QED) is 0.786. The highest BCUT2D eigenvalue weighted by molar-refractivity contribution is 5.79. The Hall–Kier alpha value is -1.95. The fourth-order valence-corrected chi connectivity index (χ4v) is 1.71. The van der Waals surface area contributed by atoms with E-state index in [0.717, 1.165) is 0 Å². The van der Waals surface area contributed by atoms with E-state index in [2.05, 4.69) is 0 Å². The van der Waals surface area contributed by atoms with Crippen LogP contribution in [0.1, 0.15) is 18.6 Å². The Labute approximate surface area is 111 Å². The van der Waals surface area contributed by atoms with E-state index in [-0.39, 0.29) is 17.9 Å². The topological polar surface area (TPSA) is 74.2 Å². The van der Waals surface area contributed by atoms with Crippen molar-refractivity contribution in [1.82, 2.24) is 0 Å². The van der Waals surface area contributed by atoms with Gasteiger partial charge in [-0.15, -0.1) is 0 Å². The zero-order valence-electron chi connectivity index (χ0n) is 11.4. The Balaban J connectivity index is 3.32. The molecule has 1 aromatic rings. The SMILES string of the molecule is CCOC(=O)C(O)c1c(OC)ccc(OC)c1OC. The van der Waals surface area contributed by atoms with Crippen molar-refractivity contribution in [2.75, 3.05) is 27.9 Å². The van der Waals surface area contributed by atoms with Crippen LogP contribution < -0.4 is 14.2 Å². The summed E-state index contributed by atoms with van der Waals surface area (Å²) in [5.41, 5.74) is 0.183. The van der Waals surface area contributed by atoms with Crippen LogP contribution in [0.2, 0.25) is 0 Å². The monoisotopic (exact) mass is 270 g/mol. The summed E-state index contributed by atoms with van der Waals surface area (Å²) in [6, 6.07) is 3.21. The zero-order chi connectivity index (χ0) is 14.4. The lowest BCUT2D eigenvalue weighted by Crippen LogP contribution is -2.17. The predicted octanol–water partition coefficient (Wildman–Crippen LogP) is 1.31. The van der Waals surface area contributed by atoms with Crippen molar-refractivity contribution in [3.8, 4) is 17.2 Å². The molecule has 0 heterocycles. The fraction of sp³-hybridized carbons (Fsp3) is 0.462. The van der Waals surface area contributed by atoms with Gasteiger partial charge in [-0.1, -0.05) is 0 Å². The van der Waals surface area contributed by atoms with Crippen LogP contribution in [0.25, 0.3) is 0 Å². The van der Waals surface area contributed by atoms with Gasteiger partial charge in [0.15, 0.2) is 17.6 Å². The van der Waals surface area contributed by atoms with Crippen molar-refractivity contribution in [1.29, 1.82) is 0 Å². The van der Waals surface area contributed by atoms with E-state index >= 15 is 0 Å². The minimum Gasteiger partial charge on any atom is -0.496 e. The molecular formula is C13H18O6. The first-order chi connectivity index (χ1) is 9.10. The molecule has 0 radical (unpaired) electrons. The molecule has 6 nitrogen and oxygen atoms in total. The number of hydrogen-bond acceptors (Lipinski definition) is 6. The highest BCUT2D eigenvalue weighted by atomic mass is 16.5. The van der Waals surface area contributed by atoms with Crippen molar-refractivity contribution in [2.45, 2.75) is 13.0 Å². The second-order valence-corrected chi connectivity index (χ2v) is 3.57. The molecule has 1 N–H and O–H groups in total. The third kappa shape index (κ3) is 3.08. The van der Waals surface area contributed by atoms with Crippen LogP contribution in [0.4, 0.5) is 0 Å². The third-order valence-corrected chi connectivity index (χ3v) is 2.55. The normalized spacial score (nSPS) is 11.6. The molecule has 1 atom stereocenters. The Kier molecular flexibility index (Phi) is 5.44. The Bertz CT molecular complexity index is 443. The number of aliphatic hydroxyl groups is 1. The highest BCUT2D eigenvalue weighted by Gasteiger charge is 2.28. The summed E-state index contributed by atoms with van der Waals surface area (Å²) in [4.78, 5) is 11.7. The first kappa shape index (κ1) is 15.1. The molecule has 0 spiro atoms. The van der Waals surface area contributed by atoms with Crippen LogP contribution >= 0.6 is 0 Å². The first-order valence-electron chi connectivity index (χ1n) is 5.74. The van der Waals surface area contributed by atoms with E-state index in [9.17, 15) is 9.90 Å². The molecule has 0 saturated heterocycles. The van der Waals surface area contributed by atoms with E-state index in [1.54, 1.807) is 19.1 Å². The average Bonchev–Trinajstić information content (AvgIpc) is 2.44. The molecule has 1 rings (SSSR count). The largest absolute Gasteiger partial charge is 0.496 e. The van der Waals surface area contributed by atoms with Crippen molar-refractivity contribution < 1.29 is 28.8 Å². The number of carbonyl (C=O) groups is 1. The summed E-state index contributed by atoms with van der Waals surface area (Å²) in [5, 5.41) is 10.1. The lowest BCUT2D eigenvalue weighted by atomic mass is 10.1. The van der Waals surface area contributed by atoms with E-state index in [1.807, 2.05) is 0 Å². The molecule has 106 valence electrons. The lowest BCUT2D eigenvalue weighted by Gasteiger charge is -2.19. The Morgan fingerprint density at radius 1 is 1.16 bits per heavy atom. The second kappa shape index (κ2) is 6.84. The molecule has 0 aliphatic carbocycles. The molecule has 0 aliphatic heterocycles.